The number of hydrogen-bond acceptors (Lipinski definition) is 3. The molecule has 0 radical (unpaired) electrons. The van der Waals surface area contributed by atoms with Crippen molar-refractivity contribution in [2.24, 2.45) is 18.4 Å². The molecule has 0 fully saturated rings. The number of halogens is 1. The van der Waals surface area contributed by atoms with Crippen LogP contribution >= 0.6 is 11.6 Å². The molecule has 14 heavy (non-hydrogen) atoms. The van der Waals surface area contributed by atoms with Crippen molar-refractivity contribution in [3.8, 4) is 0 Å². The smallest absolute Gasteiger partial charge is 0.167 e. The highest BCUT2D eigenvalue weighted by molar-refractivity contribution is 6.18. The van der Waals surface area contributed by atoms with Crippen LogP contribution in [0.25, 0.3) is 0 Å². The van der Waals surface area contributed by atoms with Crippen LogP contribution in [0.1, 0.15) is 26.6 Å². The summed E-state index contributed by atoms with van der Waals surface area (Å²) in [5.41, 5.74) is 0.0462. The van der Waals surface area contributed by atoms with Crippen molar-refractivity contribution < 1.29 is 0 Å². The molecule has 4 nitrogen and oxygen atoms in total. The maximum atomic E-state index is 5.98. The maximum Gasteiger partial charge on any atom is 0.175 e. The van der Waals surface area contributed by atoms with E-state index in [1.54, 1.807) is 7.05 Å². The molecular weight excluding hydrogens is 200 g/mol. The summed E-state index contributed by atoms with van der Waals surface area (Å²) in [4.78, 5) is 1.48. The summed E-state index contributed by atoms with van der Waals surface area (Å²) in [6.45, 7) is 6.48. The number of rotatable bonds is 4. The van der Waals surface area contributed by atoms with Crippen molar-refractivity contribution in [2.45, 2.75) is 27.2 Å². The van der Waals surface area contributed by atoms with Gasteiger partial charge in [-0.1, -0.05) is 20.8 Å². The van der Waals surface area contributed by atoms with Crippen LogP contribution in [0.2, 0.25) is 0 Å². The Morgan fingerprint density at radius 3 is 2.50 bits per heavy atom. The Morgan fingerprint density at radius 2 is 2.14 bits per heavy atom. The largest absolute Gasteiger partial charge is 0.175 e. The van der Waals surface area contributed by atoms with Gasteiger partial charge in [-0.3, -0.25) is 0 Å². The molecule has 0 saturated carbocycles. The van der Waals surface area contributed by atoms with E-state index in [-0.39, 0.29) is 5.41 Å². The van der Waals surface area contributed by atoms with Gasteiger partial charge in [0.2, 0.25) is 0 Å². The van der Waals surface area contributed by atoms with Gasteiger partial charge in [0, 0.05) is 12.3 Å². The number of tetrazole rings is 1. The minimum absolute atomic E-state index is 0.0462. The first-order valence-electron chi connectivity index (χ1n) is 4.77. The first kappa shape index (κ1) is 11.4. The second-order valence-corrected chi connectivity index (χ2v) is 4.58. The van der Waals surface area contributed by atoms with Crippen LogP contribution in [0, 0.1) is 11.3 Å². The van der Waals surface area contributed by atoms with Crippen molar-refractivity contribution in [1.82, 2.24) is 20.2 Å². The van der Waals surface area contributed by atoms with Crippen LogP contribution in [0.4, 0.5) is 0 Å². The second kappa shape index (κ2) is 4.26. The normalized spacial score (nSPS) is 15.9. The molecule has 1 atom stereocenters. The number of hydrogen-bond donors (Lipinski definition) is 0. The molecule has 1 aromatic rings. The van der Waals surface area contributed by atoms with Crippen molar-refractivity contribution in [3.05, 3.63) is 5.82 Å². The van der Waals surface area contributed by atoms with Gasteiger partial charge in [-0.2, -0.15) is 4.80 Å². The summed E-state index contributed by atoms with van der Waals surface area (Å²) in [6.07, 6.45) is 0.780. The van der Waals surface area contributed by atoms with Gasteiger partial charge in [0.15, 0.2) is 5.82 Å². The fraction of sp³-hybridized carbons (Fsp3) is 0.889. The lowest BCUT2D eigenvalue weighted by atomic mass is 9.78. The fourth-order valence-corrected chi connectivity index (χ4v) is 1.56. The predicted octanol–water partition coefficient (Wildman–Crippen LogP) is 1.65. The topological polar surface area (TPSA) is 43.6 Å². The number of aromatic nitrogens is 4. The van der Waals surface area contributed by atoms with E-state index in [0.29, 0.717) is 11.8 Å². The summed E-state index contributed by atoms with van der Waals surface area (Å²) >= 11 is 5.98. The van der Waals surface area contributed by atoms with E-state index in [2.05, 4.69) is 36.2 Å². The zero-order valence-corrected chi connectivity index (χ0v) is 9.91. The minimum Gasteiger partial charge on any atom is -0.167 e. The van der Waals surface area contributed by atoms with Gasteiger partial charge in [0.1, 0.15) is 0 Å². The number of aryl methyl sites for hydroxylation is 1. The molecule has 80 valence electrons. The number of alkyl halides is 1. The summed E-state index contributed by atoms with van der Waals surface area (Å²) in [6, 6.07) is 0. The van der Waals surface area contributed by atoms with E-state index in [1.807, 2.05) is 0 Å². The Morgan fingerprint density at radius 1 is 1.50 bits per heavy atom. The Balaban J connectivity index is 2.75. The fourth-order valence-electron chi connectivity index (χ4n) is 1.16. The molecule has 0 aliphatic rings. The molecule has 1 aromatic heterocycles. The molecule has 1 rings (SSSR count). The van der Waals surface area contributed by atoms with Gasteiger partial charge < -0.3 is 0 Å². The van der Waals surface area contributed by atoms with E-state index in [4.69, 9.17) is 11.6 Å². The first-order valence-corrected chi connectivity index (χ1v) is 5.30. The first-order chi connectivity index (χ1) is 6.48. The predicted molar refractivity (Wildman–Crippen MR) is 56.2 cm³/mol. The second-order valence-electron chi connectivity index (χ2n) is 4.31. The molecule has 0 spiro atoms. The Hall–Kier alpha value is -0.640. The van der Waals surface area contributed by atoms with E-state index < -0.39 is 0 Å². The molecule has 0 bridgehead atoms. The zero-order chi connectivity index (χ0) is 10.8. The third-order valence-electron chi connectivity index (χ3n) is 2.81. The van der Waals surface area contributed by atoms with Crippen LogP contribution in [-0.2, 0) is 13.5 Å². The monoisotopic (exact) mass is 216 g/mol. The lowest BCUT2D eigenvalue weighted by Crippen LogP contribution is -2.28. The molecule has 0 amide bonds. The van der Waals surface area contributed by atoms with Crippen LogP contribution in [0.15, 0.2) is 0 Å². The molecular formula is C9H17ClN4. The molecule has 0 saturated heterocycles. The third-order valence-corrected chi connectivity index (χ3v) is 3.42. The average Bonchev–Trinajstić information content (AvgIpc) is 2.50. The average molecular weight is 217 g/mol. The van der Waals surface area contributed by atoms with Crippen LogP contribution in [0.3, 0.4) is 0 Å². The summed E-state index contributed by atoms with van der Waals surface area (Å²) in [7, 11) is 1.77. The quantitative estimate of drug-likeness (QED) is 0.719. The highest BCUT2D eigenvalue weighted by Gasteiger charge is 2.29. The Bertz CT molecular complexity index is 297. The van der Waals surface area contributed by atoms with Crippen molar-refractivity contribution >= 4 is 11.6 Å². The van der Waals surface area contributed by atoms with Gasteiger partial charge in [-0.05, 0) is 16.5 Å². The standard InChI is InChI=1S/C9H17ClN4/c1-7(2)9(3,6-10)5-8-11-13-14(4)12-8/h7H,5-6H2,1-4H3. The zero-order valence-electron chi connectivity index (χ0n) is 9.16. The molecule has 0 aromatic carbocycles. The summed E-state index contributed by atoms with van der Waals surface area (Å²) in [5, 5.41) is 11.9. The molecule has 0 N–H and O–H groups in total. The van der Waals surface area contributed by atoms with Crippen molar-refractivity contribution in [3.63, 3.8) is 0 Å². The minimum atomic E-state index is 0.0462. The van der Waals surface area contributed by atoms with Crippen LogP contribution in [0.5, 0.6) is 0 Å². The van der Waals surface area contributed by atoms with Gasteiger partial charge in [-0.25, -0.2) is 0 Å². The lowest BCUT2D eigenvalue weighted by Gasteiger charge is -2.30. The summed E-state index contributed by atoms with van der Waals surface area (Å²) in [5.74, 6) is 1.89. The highest BCUT2D eigenvalue weighted by Crippen LogP contribution is 2.31. The van der Waals surface area contributed by atoms with Crippen LogP contribution < -0.4 is 0 Å². The van der Waals surface area contributed by atoms with E-state index >= 15 is 0 Å². The molecule has 1 heterocycles. The van der Waals surface area contributed by atoms with E-state index in [1.165, 1.54) is 4.80 Å². The van der Waals surface area contributed by atoms with Crippen molar-refractivity contribution in [2.75, 3.05) is 5.88 Å². The highest BCUT2D eigenvalue weighted by atomic mass is 35.5. The Kier molecular flexibility index (Phi) is 3.48. The molecule has 1 unspecified atom stereocenters. The number of nitrogens with zero attached hydrogens (tertiary/aromatic N) is 4. The van der Waals surface area contributed by atoms with Gasteiger partial charge >= 0.3 is 0 Å². The van der Waals surface area contributed by atoms with Gasteiger partial charge in [0.05, 0.1) is 7.05 Å². The maximum absolute atomic E-state index is 5.98. The Labute approximate surface area is 89.6 Å². The molecule has 0 aliphatic carbocycles. The summed E-state index contributed by atoms with van der Waals surface area (Å²) < 4.78 is 0. The molecule has 5 heteroatoms. The molecule has 0 aliphatic heterocycles. The van der Waals surface area contributed by atoms with Gasteiger partial charge in [0.25, 0.3) is 0 Å². The lowest BCUT2D eigenvalue weighted by molar-refractivity contribution is 0.248. The van der Waals surface area contributed by atoms with Gasteiger partial charge in [-0.15, -0.1) is 21.8 Å². The van der Waals surface area contributed by atoms with E-state index in [9.17, 15) is 0 Å². The van der Waals surface area contributed by atoms with Crippen LogP contribution in [-0.4, -0.2) is 26.1 Å². The SMILES string of the molecule is CC(C)C(C)(CCl)Cc1nnn(C)n1. The third kappa shape index (κ3) is 2.44. The van der Waals surface area contributed by atoms with E-state index in [0.717, 1.165) is 12.2 Å². The van der Waals surface area contributed by atoms with Crippen molar-refractivity contribution in [1.29, 1.82) is 0 Å².